The summed E-state index contributed by atoms with van der Waals surface area (Å²) in [7, 11) is 0. The van der Waals surface area contributed by atoms with Crippen LogP contribution in [0.5, 0.6) is 0 Å². The third-order valence-corrected chi connectivity index (χ3v) is 5.51. The van der Waals surface area contributed by atoms with Gasteiger partial charge in [0.1, 0.15) is 0 Å². The van der Waals surface area contributed by atoms with Crippen LogP contribution in [-0.4, -0.2) is 67.7 Å². The number of morpholine rings is 1. The predicted molar refractivity (Wildman–Crippen MR) is 111 cm³/mol. The van der Waals surface area contributed by atoms with E-state index in [0.29, 0.717) is 18.0 Å². The van der Waals surface area contributed by atoms with Crippen molar-refractivity contribution in [1.29, 1.82) is 0 Å². The monoisotopic (exact) mass is 388 g/mol. The fourth-order valence-corrected chi connectivity index (χ4v) is 3.82. The minimum Gasteiger partial charge on any atom is -0.379 e. The van der Waals surface area contributed by atoms with E-state index in [9.17, 15) is 9.59 Å². The van der Waals surface area contributed by atoms with Gasteiger partial charge in [0, 0.05) is 50.5 Å². The molecule has 7 heteroatoms. The van der Waals surface area contributed by atoms with Gasteiger partial charge in [-0.05, 0) is 43.4 Å². The van der Waals surface area contributed by atoms with E-state index in [4.69, 9.17) is 4.74 Å². The number of aryl methyl sites for hydroxylation is 1. The van der Waals surface area contributed by atoms with Crippen molar-refractivity contribution in [2.75, 3.05) is 56.6 Å². The second kappa shape index (κ2) is 9.89. The number of anilines is 2. The van der Waals surface area contributed by atoms with E-state index in [0.717, 1.165) is 63.6 Å². The standard InChI is InChI=1S/C21H32N4O3/c1-3-20(26)23-19-13-18(7-6-16(19)2)22-21(27)25-8-4-5-17(15-25)14-24-9-11-28-12-10-24/h6-7,13,17H,3-5,8-12,14-15H2,1-2H3,(H,22,27)(H,23,26). The minimum atomic E-state index is -0.0664. The summed E-state index contributed by atoms with van der Waals surface area (Å²) in [6.45, 7) is 9.95. The second-order valence-corrected chi connectivity index (χ2v) is 7.73. The van der Waals surface area contributed by atoms with Crippen LogP contribution in [0.4, 0.5) is 16.2 Å². The quantitative estimate of drug-likeness (QED) is 0.813. The Morgan fingerprint density at radius 1 is 1.18 bits per heavy atom. The lowest BCUT2D eigenvalue weighted by Crippen LogP contribution is -2.47. The molecule has 1 aromatic rings. The maximum Gasteiger partial charge on any atom is 0.321 e. The van der Waals surface area contributed by atoms with E-state index in [1.165, 1.54) is 6.42 Å². The minimum absolute atomic E-state index is 0.0337. The van der Waals surface area contributed by atoms with Crippen LogP contribution >= 0.6 is 0 Å². The summed E-state index contributed by atoms with van der Waals surface area (Å²) in [5, 5.41) is 5.88. The highest BCUT2D eigenvalue weighted by atomic mass is 16.5. The molecule has 1 unspecified atom stereocenters. The van der Waals surface area contributed by atoms with Gasteiger partial charge < -0.3 is 20.3 Å². The highest BCUT2D eigenvalue weighted by Gasteiger charge is 2.26. The highest BCUT2D eigenvalue weighted by molar-refractivity contribution is 5.94. The molecule has 3 amide bonds. The van der Waals surface area contributed by atoms with E-state index in [1.54, 1.807) is 0 Å². The molecule has 0 spiro atoms. The first-order chi connectivity index (χ1) is 13.5. The van der Waals surface area contributed by atoms with Crippen molar-refractivity contribution in [3.8, 4) is 0 Å². The van der Waals surface area contributed by atoms with Crippen LogP contribution < -0.4 is 10.6 Å². The number of nitrogens with zero attached hydrogens (tertiary/aromatic N) is 2. The maximum absolute atomic E-state index is 12.8. The zero-order chi connectivity index (χ0) is 19.9. The fraction of sp³-hybridized carbons (Fsp3) is 0.619. The molecule has 0 radical (unpaired) electrons. The molecule has 0 saturated carbocycles. The molecule has 154 valence electrons. The Morgan fingerprint density at radius 3 is 2.71 bits per heavy atom. The molecule has 0 aliphatic carbocycles. The van der Waals surface area contributed by atoms with Gasteiger partial charge >= 0.3 is 6.03 Å². The fourth-order valence-electron chi connectivity index (χ4n) is 3.82. The zero-order valence-corrected chi connectivity index (χ0v) is 17.0. The van der Waals surface area contributed by atoms with Crippen LogP contribution in [0.1, 0.15) is 31.7 Å². The Labute approximate surface area is 167 Å². The average Bonchev–Trinajstić information content (AvgIpc) is 2.71. The van der Waals surface area contributed by atoms with Crippen molar-refractivity contribution in [2.45, 2.75) is 33.1 Å². The molecule has 2 heterocycles. The van der Waals surface area contributed by atoms with Gasteiger partial charge in [-0.2, -0.15) is 0 Å². The van der Waals surface area contributed by atoms with Crippen molar-refractivity contribution < 1.29 is 14.3 Å². The van der Waals surface area contributed by atoms with Crippen molar-refractivity contribution in [3.63, 3.8) is 0 Å². The summed E-state index contributed by atoms with van der Waals surface area (Å²) in [6.07, 6.45) is 2.63. The maximum atomic E-state index is 12.8. The van der Waals surface area contributed by atoms with Gasteiger partial charge in [-0.1, -0.05) is 13.0 Å². The molecule has 1 aromatic carbocycles. The predicted octanol–water partition coefficient (Wildman–Crippen LogP) is 2.92. The van der Waals surface area contributed by atoms with Gasteiger partial charge in [0.25, 0.3) is 0 Å². The topological polar surface area (TPSA) is 73.9 Å². The number of piperidine rings is 1. The third kappa shape index (κ3) is 5.69. The van der Waals surface area contributed by atoms with Crippen LogP contribution in [0.2, 0.25) is 0 Å². The van der Waals surface area contributed by atoms with E-state index in [1.807, 2.05) is 36.9 Å². The lowest BCUT2D eigenvalue weighted by molar-refractivity contribution is -0.115. The number of carbonyl (C=O) groups excluding carboxylic acids is 2. The highest BCUT2D eigenvalue weighted by Crippen LogP contribution is 2.23. The first-order valence-corrected chi connectivity index (χ1v) is 10.3. The van der Waals surface area contributed by atoms with Crippen molar-refractivity contribution in [3.05, 3.63) is 23.8 Å². The van der Waals surface area contributed by atoms with Gasteiger partial charge in [-0.3, -0.25) is 9.69 Å². The smallest absolute Gasteiger partial charge is 0.321 e. The molecule has 0 bridgehead atoms. The van der Waals surface area contributed by atoms with Crippen LogP contribution in [-0.2, 0) is 9.53 Å². The molecule has 0 aromatic heterocycles. The molecule has 2 aliphatic rings. The Balaban J connectivity index is 1.56. The number of urea groups is 1. The molecule has 7 nitrogen and oxygen atoms in total. The summed E-state index contributed by atoms with van der Waals surface area (Å²) in [5.74, 6) is 0.476. The van der Waals surface area contributed by atoms with E-state index in [2.05, 4.69) is 15.5 Å². The van der Waals surface area contributed by atoms with Crippen molar-refractivity contribution in [1.82, 2.24) is 9.80 Å². The lowest BCUT2D eigenvalue weighted by atomic mass is 9.97. The molecule has 28 heavy (non-hydrogen) atoms. The number of ether oxygens (including phenoxy) is 1. The van der Waals surface area contributed by atoms with E-state index < -0.39 is 0 Å². The number of likely N-dealkylation sites (tertiary alicyclic amines) is 1. The van der Waals surface area contributed by atoms with Crippen LogP contribution in [0.25, 0.3) is 0 Å². The number of hydrogen-bond acceptors (Lipinski definition) is 4. The SMILES string of the molecule is CCC(=O)Nc1cc(NC(=O)N2CCCC(CN3CCOCC3)C2)ccc1C. The van der Waals surface area contributed by atoms with Gasteiger partial charge in [0.15, 0.2) is 0 Å². The van der Waals surface area contributed by atoms with Gasteiger partial charge in [0.2, 0.25) is 5.91 Å². The summed E-state index contributed by atoms with van der Waals surface area (Å²) in [5.41, 5.74) is 2.43. The molecule has 2 N–H and O–H groups in total. The Kier molecular flexibility index (Phi) is 7.28. The first-order valence-electron chi connectivity index (χ1n) is 10.3. The van der Waals surface area contributed by atoms with Crippen molar-refractivity contribution >= 4 is 23.3 Å². The molecular formula is C21H32N4O3. The van der Waals surface area contributed by atoms with E-state index in [-0.39, 0.29) is 11.9 Å². The lowest BCUT2D eigenvalue weighted by Gasteiger charge is -2.36. The normalized spacial score (nSPS) is 20.6. The molecule has 3 rings (SSSR count). The zero-order valence-electron chi connectivity index (χ0n) is 17.0. The van der Waals surface area contributed by atoms with Gasteiger partial charge in [0.05, 0.1) is 13.2 Å². The number of amides is 3. The molecule has 2 fully saturated rings. The molecule has 2 saturated heterocycles. The van der Waals surface area contributed by atoms with Gasteiger partial charge in [-0.15, -0.1) is 0 Å². The number of carbonyl (C=O) groups is 2. The summed E-state index contributed by atoms with van der Waals surface area (Å²) >= 11 is 0. The van der Waals surface area contributed by atoms with Crippen molar-refractivity contribution in [2.24, 2.45) is 5.92 Å². The number of hydrogen-bond donors (Lipinski definition) is 2. The van der Waals surface area contributed by atoms with E-state index >= 15 is 0 Å². The number of benzene rings is 1. The molecular weight excluding hydrogens is 356 g/mol. The second-order valence-electron chi connectivity index (χ2n) is 7.73. The first kappa shape index (κ1) is 20.6. The van der Waals surface area contributed by atoms with Crippen LogP contribution in [0, 0.1) is 12.8 Å². The Hall–Kier alpha value is -2.12. The Morgan fingerprint density at radius 2 is 1.96 bits per heavy atom. The Bertz CT molecular complexity index is 688. The third-order valence-electron chi connectivity index (χ3n) is 5.51. The largest absolute Gasteiger partial charge is 0.379 e. The summed E-state index contributed by atoms with van der Waals surface area (Å²) < 4.78 is 5.42. The summed E-state index contributed by atoms with van der Waals surface area (Å²) in [4.78, 5) is 28.8. The van der Waals surface area contributed by atoms with Crippen LogP contribution in [0.15, 0.2) is 18.2 Å². The average molecular weight is 389 g/mol. The van der Waals surface area contributed by atoms with Gasteiger partial charge in [-0.25, -0.2) is 4.79 Å². The van der Waals surface area contributed by atoms with Crippen LogP contribution in [0.3, 0.4) is 0 Å². The number of rotatable bonds is 5. The summed E-state index contributed by atoms with van der Waals surface area (Å²) in [6, 6.07) is 5.56. The molecule has 1 atom stereocenters. The number of nitrogens with one attached hydrogen (secondary N) is 2. The molecule has 2 aliphatic heterocycles.